The highest BCUT2D eigenvalue weighted by atomic mass is 16.5. The molecule has 0 spiro atoms. The lowest BCUT2D eigenvalue weighted by Crippen LogP contribution is -2.18. The van der Waals surface area contributed by atoms with Crippen LogP contribution in [-0.4, -0.2) is 17.6 Å². The maximum absolute atomic E-state index is 11.7. The lowest BCUT2D eigenvalue weighted by atomic mass is 10.2. The number of carbonyl (C=O) groups is 1. The van der Waals surface area contributed by atoms with Gasteiger partial charge in [-0.25, -0.2) is 4.79 Å². The maximum Gasteiger partial charge on any atom is 0.340 e. The Labute approximate surface area is 96.6 Å². The number of nitrogens with zero attached hydrogens (tertiary/aromatic N) is 4. The summed E-state index contributed by atoms with van der Waals surface area (Å²) in [5.41, 5.74) is 7.98. The molecule has 0 fully saturated rings. The second-order valence-corrected chi connectivity index (χ2v) is 3.09. The van der Waals surface area contributed by atoms with Crippen LogP contribution in [0, 0.1) is 0 Å². The van der Waals surface area contributed by atoms with Gasteiger partial charge in [-0.1, -0.05) is 5.11 Å². The van der Waals surface area contributed by atoms with Gasteiger partial charge in [0.05, 0.1) is 7.11 Å². The molecule has 17 heavy (non-hydrogen) atoms. The maximum atomic E-state index is 11.7. The number of hydrogen-bond donors (Lipinski definition) is 0. The van der Waals surface area contributed by atoms with Gasteiger partial charge in [-0.15, -0.1) is 0 Å². The highest BCUT2D eigenvalue weighted by Gasteiger charge is 2.08. The van der Waals surface area contributed by atoms with E-state index in [0.717, 1.165) is 7.11 Å². The lowest BCUT2D eigenvalue weighted by Gasteiger charge is -2.00. The van der Waals surface area contributed by atoms with Crippen molar-refractivity contribution in [2.45, 2.75) is 0 Å². The molecule has 0 saturated carbocycles. The number of aryl methyl sites for hydroxylation is 1. The molecule has 0 saturated heterocycles. The molecule has 0 aliphatic rings. The number of azide groups is 1. The zero-order valence-corrected chi connectivity index (χ0v) is 9.32. The molecule has 0 atom stereocenters. The predicted octanol–water partition coefficient (Wildman–Crippen LogP) is 1.21. The Morgan fingerprint density at radius 2 is 2.35 bits per heavy atom. The van der Waals surface area contributed by atoms with Crippen molar-refractivity contribution in [1.29, 1.82) is 0 Å². The molecule has 0 N–H and O–H groups in total. The molecule has 88 valence electrons. The molecule has 7 heteroatoms. The van der Waals surface area contributed by atoms with Crippen LogP contribution in [0.5, 0.6) is 0 Å². The monoisotopic (exact) mass is 234 g/mol. The summed E-state index contributed by atoms with van der Waals surface area (Å²) in [6, 6.07) is 3.15. The summed E-state index contributed by atoms with van der Waals surface area (Å²) >= 11 is 0. The van der Waals surface area contributed by atoms with Crippen molar-refractivity contribution in [1.82, 2.24) is 4.57 Å². The van der Waals surface area contributed by atoms with Gasteiger partial charge in [-0.3, -0.25) is 4.79 Å². The number of aromatic nitrogens is 1. The number of carbonyl (C=O) groups excluding carboxylic acids is 1. The van der Waals surface area contributed by atoms with Crippen LogP contribution >= 0.6 is 0 Å². The molecule has 0 amide bonds. The van der Waals surface area contributed by atoms with Gasteiger partial charge in [0.1, 0.15) is 5.70 Å². The van der Waals surface area contributed by atoms with Gasteiger partial charge in [0, 0.05) is 23.7 Å². The van der Waals surface area contributed by atoms with Crippen LogP contribution < -0.4 is 5.56 Å². The molecule has 1 heterocycles. The van der Waals surface area contributed by atoms with Gasteiger partial charge in [-0.2, -0.15) is 0 Å². The smallest absolute Gasteiger partial charge is 0.340 e. The van der Waals surface area contributed by atoms with Crippen LogP contribution in [0.3, 0.4) is 0 Å². The van der Waals surface area contributed by atoms with E-state index in [1.54, 1.807) is 19.3 Å². The third-order valence-corrected chi connectivity index (χ3v) is 1.99. The zero-order chi connectivity index (χ0) is 12.8. The van der Waals surface area contributed by atoms with Crippen LogP contribution in [0.4, 0.5) is 0 Å². The molecule has 0 bridgehead atoms. The van der Waals surface area contributed by atoms with E-state index < -0.39 is 5.97 Å². The van der Waals surface area contributed by atoms with E-state index in [1.165, 1.54) is 16.7 Å². The number of esters is 1. The summed E-state index contributed by atoms with van der Waals surface area (Å²) in [5.74, 6) is -0.797. The second kappa shape index (κ2) is 5.53. The van der Waals surface area contributed by atoms with E-state index >= 15 is 0 Å². The Balaban J connectivity index is 3.32. The minimum absolute atomic E-state index is 0.239. The summed E-state index contributed by atoms with van der Waals surface area (Å²) < 4.78 is 5.77. The summed E-state index contributed by atoms with van der Waals surface area (Å²) in [4.78, 5) is 25.4. The van der Waals surface area contributed by atoms with Crippen molar-refractivity contribution in [3.05, 3.63) is 50.4 Å². The van der Waals surface area contributed by atoms with Gasteiger partial charge >= 0.3 is 5.97 Å². The van der Waals surface area contributed by atoms with Gasteiger partial charge in [0.2, 0.25) is 0 Å². The summed E-state index contributed by atoms with van der Waals surface area (Å²) in [6.45, 7) is 0. The van der Waals surface area contributed by atoms with Gasteiger partial charge in [-0.05, 0) is 23.7 Å². The minimum atomic E-state index is -0.797. The molecule has 0 aliphatic heterocycles. The summed E-state index contributed by atoms with van der Waals surface area (Å²) in [5, 5.41) is 3.18. The van der Waals surface area contributed by atoms with Gasteiger partial charge < -0.3 is 9.30 Å². The fraction of sp³-hybridized carbons (Fsp3) is 0.200. The molecule has 0 aromatic carbocycles. The highest BCUT2D eigenvalue weighted by molar-refractivity contribution is 5.93. The first-order valence-electron chi connectivity index (χ1n) is 4.61. The SMILES string of the molecule is COC(=O)/C(=C/c1cccn(C)c1=O)N=[N+]=[N-]. The molecule has 0 aliphatic carbocycles. The molecule has 1 aromatic rings. The van der Waals surface area contributed by atoms with Crippen molar-refractivity contribution in [3.8, 4) is 0 Å². The van der Waals surface area contributed by atoms with E-state index in [2.05, 4.69) is 14.8 Å². The third kappa shape index (κ3) is 2.96. The zero-order valence-electron chi connectivity index (χ0n) is 9.32. The second-order valence-electron chi connectivity index (χ2n) is 3.09. The quantitative estimate of drug-likeness (QED) is 0.258. The van der Waals surface area contributed by atoms with Crippen molar-refractivity contribution in [2.75, 3.05) is 7.11 Å². The van der Waals surface area contributed by atoms with Crippen LogP contribution in [0.25, 0.3) is 16.5 Å². The summed E-state index contributed by atoms with van der Waals surface area (Å²) in [7, 11) is 2.73. The van der Waals surface area contributed by atoms with Crippen molar-refractivity contribution in [2.24, 2.45) is 12.2 Å². The molecular formula is C10H10N4O3. The average Bonchev–Trinajstić information content (AvgIpc) is 2.33. The van der Waals surface area contributed by atoms with Gasteiger partial charge in [0.15, 0.2) is 0 Å². The van der Waals surface area contributed by atoms with E-state index in [0.29, 0.717) is 0 Å². The molecule has 1 rings (SSSR count). The van der Waals surface area contributed by atoms with E-state index in [-0.39, 0.29) is 16.8 Å². The molecule has 7 nitrogen and oxygen atoms in total. The van der Waals surface area contributed by atoms with Crippen LogP contribution in [0.2, 0.25) is 0 Å². The highest BCUT2D eigenvalue weighted by Crippen LogP contribution is 2.06. The number of pyridine rings is 1. The Hall–Kier alpha value is -2.53. The van der Waals surface area contributed by atoms with Crippen LogP contribution in [0.15, 0.2) is 33.9 Å². The van der Waals surface area contributed by atoms with Crippen LogP contribution in [-0.2, 0) is 16.6 Å². The number of ether oxygens (including phenoxy) is 1. The first kappa shape index (κ1) is 12.5. The largest absolute Gasteiger partial charge is 0.466 e. The van der Waals surface area contributed by atoms with Crippen LogP contribution in [0.1, 0.15) is 5.56 Å². The van der Waals surface area contributed by atoms with E-state index in [9.17, 15) is 9.59 Å². The Morgan fingerprint density at radius 1 is 1.65 bits per heavy atom. The number of methoxy groups -OCH3 is 1. The molecule has 1 aromatic heterocycles. The van der Waals surface area contributed by atoms with E-state index in [1.807, 2.05) is 0 Å². The topological polar surface area (TPSA) is 97.1 Å². The van der Waals surface area contributed by atoms with Gasteiger partial charge in [0.25, 0.3) is 5.56 Å². The summed E-state index contributed by atoms with van der Waals surface area (Å²) in [6.07, 6.45) is 2.76. The van der Waals surface area contributed by atoms with Crippen molar-refractivity contribution >= 4 is 12.0 Å². The van der Waals surface area contributed by atoms with Crippen molar-refractivity contribution < 1.29 is 9.53 Å². The third-order valence-electron chi connectivity index (χ3n) is 1.99. The normalized spacial score (nSPS) is 10.6. The molecular weight excluding hydrogens is 224 g/mol. The Morgan fingerprint density at radius 3 is 2.94 bits per heavy atom. The minimum Gasteiger partial charge on any atom is -0.466 e. The lowest BCUT2D eigenvalue weighted by molar-refractivity contribution is -0.136. The molecule has 0 unspecified atom stereocenters. The Kier molecular flexibility index (Phi) is 4.08. The first-order chi connectivity index (χ1) is 8.10. The molecule has 0 radical (unpaired) electrons. The Bertz CT molecular complexity index is 567. The standard InChI is InChI=1S/C10H10N4O3/c1-14-5-3-4-7(9(14)15)6-8(12-13-11)10(16)17-2/h3-6H,1-2H3/b8-6-. The number of rotatable bonds is 3. The predicted molar refractivity (Wildman–Crippen MR) is 60.8 cm³/mol. The fourth-order valence-corrected chi connectivity index (χ4v) is 1.16. The van der Waals surface area contributed by atoms with Crippen molar-refractivity contribution in [3.63, 3.8) is 0 Å². The number of hydrogen-bond acceptors (Lipinski definition) is 4. The first-order valence-corrected chi connectivity index (χ1v) is 4.61. The van der Waals surface area contributed by atoms with E-state index in [4.69, 9.17) is 5.53 Å². The fourth-order valence-electron chi connectivity index (χ4n) is 1.16. The average molecular weight is 234 g/mol.